The molecule has 0 spiro atoms. The molecule has 1 nitrogen and oxygen atoms in total. The van der Waals surface area contributed by atoms with Crippen molar-refractivity contribution in [3.05, 3.63) is 34.3 Å². The largest absolute Gasteiger partial charge is 0.307 e. The molecular weight excluding hydrogens is 262 g/mol. The average Bonchev–Trinajstić information content (AvgIpc) is 3.09. The van der Waals surface area contributed by atoms with Crippen molar-refractivity contribution in [2.24, 2.45) is 5.92 Å². The Balaban J connectivity index is 1.98. The minimum Gasteiger partial charge on any atom is -0.307 e. The molecule has 1 aliphatic rings. The molecule has 88 valence electrons. The summed E-state index contributed by atoms with van der Waals surface area (Å²) in [5.74, 6) is 0.930. The fourth-order valence-corrected chi connectivity index (χ4v) is 2.70. The van der Waals surface area contributed by atoms with Crippen LogP contribution in [0.5, 0.6) is 0 Å². The highest BCUT2D eigenvalue weighted by atomic mass is 79.9. The fourth-order valence-electron chi connectivity index (χ4n) is 2.28. The Bertz CT molecular complexity index is 346. The molecular formula is C14H20BrN. The monoisotopic (exact) mass is 281 g/mol. The van der Waals surface area contributed by atoms with E-state index in [0.29, 0.717) is 12.1 Å². The first-order chi connectivity index (χ1) is 7.70. The van der Waals surface area contributed by atoms with E-state index in [1.165, 1.54) is 24.8 Å². The van der Waals surface area contributed by atoms with E-state index < -0.39 is 0 Å². The molecule has 2 heteroatoms. The molecule has 1 aliphatic carbocycles. The van der Waals surface area contributed by atoms with Crippen molar-refractivity contribution in [2.45, 2.75) is 45.2 Å². The minimum absolute atomic E-state index is 0.447. The normalized spacial score (nSPS) is 19.4. The van der Waals surface area contributed by atoms with Gasteiger partial charge in [-0.1, -0.05) is 35.0 Å². The van der Waals surface area contributed by atoms with Gasteiger partial charge in [-0.2, -0.15) is 0 Å². The summed E-state index contributed by atoms with van der Waals surface area (Å²) in [7, 11) is 0. The molecule has 1 aromatic carbocycles. The molecule has 1 N–H and O–H groups in total. The zero-order valence-electron chi connectivity index (χ0n) is 10.0. The molecule has 0 saturated heterocycles. The SMILES string of the molecule is CCC(N[C@H](C)c1cccc(Br)c1)C1CC1. The van der Waals surface area contributed by atoms with E-state index in [1.54, 1.807) is 0 Å². The standard InChI is InChI=1S/C14H20BrN/c1-3-14(11-7-8-11)16-10(2)12-5-4-6-13(15)9-12/h4-6,9-11,14,16H,3,7-8H2,1-2H3/t10-,14?/m1/s1. The summed E-state index contributed by atoms with van der Waals surface area (Å²) in [6.45, 7) is 4.54. The lowest BCUT2D eigenvalue weighted by molar-refractivity contribution is 0.405. The Morgan fingerprint density at radius 2 is 2.19 bits per heavy atom. The van der Waals surface area contributed by atoms with Crippen molar-refractivity contribution in [1.29, 1.82) is 0 Å². The van der Waals surface area contributed by atoms with Gasteiger partial charge >= 0.3 is 0 Å². The molecule has 1 fully saturated rings. The van der Waals surface area contributed by atoms with Gasteiger partial charge in [0.25, 0.3) is 0 Å². The van der Waals surface area contributed by atoms with Crippen LogP contribution in [-0.2, 0) is 0 Å². The Labute approximate surface area is 107 Å². The molecule has 0 heterocycles. The van der Waals surface area contributed by atoms with Gasteiger partial charge in [0.2, 0.25) is 0 Å². The molecule has 2 atom stereocenters. The van der Waals surface area contributed by atoms with Crippen molar-refractivity contribution in [3.63, 3.8) is 0 Å². The predicted molar refractivity (Wildman–Crippen MR) is 72.5 cm³/mol. The summed E-state index contributed by atoms with van der Waals surface area (Å²) < 4.78 is 1.16. The smallest absolute Gasteiger partial charge is 0.0294 e. The van der Waals surface area contributed by atoms with Crippen molar-refractivity contribution in [1.82, 2.24) is 5.32 Å². The Morgan fingerprint density at radius 3 is 2.75 bits per heavy atom. The van der Waals surface area contributed by atoms with Crippen LogP contribution in [0, 0.1) is 5.92 Å². The zero-order chi connectivity index (χ0) is 11.5. The van der Waals surface area contributed by atoms with Crippen LogP contribution in [0.3, 0.4) is 0 Å². The fraction of sp³-hybridized carbons (Fsp3) is 0.571. The molecule has 0 amide bonds. The van der Waals surface area contributed by atoms with Gasteiger partial charge in [0, 0.05) is 16.6 Å². The van der Waals surface area contributed by atoms with Crippen LogP contribution in [0.4, 0.5) is 0 Å². The second kappa shape index (κ2) is 5.33. The Morgan fingerprint density at radius 1 is 1.44 bits per heavy atom. The van der Waals surface area contributed by atoms with Crippen LogP contribution in [-0.4, -0.2) is 6.04 Å². The highest BCUT2D eigenvalue weighted by molar-refractivity contribution is 9.10. The van der Waals surface area contributed by atoms with Gasteiger partial charge in [0.1, 0.15) is 0 Å². The van der Waals surface area contributed by atoms with Crippen molar-refractivity contribution in [3.8, 4) is 0 Å². The van der Waals surface area contributed by atoms with Crippen molar-refractivity contribution >= 4 is 15.9 Å². The highest BCUT2D eigenvalue weighted by Gasteiger charge is 2.30. The Hall–Kier alpha value is -0.340. The number of rotatable bonds is 5. The molecule has 1 unspecified atom stereocenters. The van der Waals surface area contributed by atoms with E-state index in [1.807, 2.05) is 0 Å². The second-order valence-electron chi connectivity index (χ2n) is 4.80. The summed E-state index contributed by atoms with van der Waals surface area (Å²) >= 11 is 3.53. The number of halogens is 1. The van der Waals surface area contributed by atoms with Crippen LogP contribution < -0.4 is 5.32 Å². The van der Waals surface area contributed by atoms with Crippen LogP contribution in [0.2, 0.25) is 0 Å². The minimum atomic E-state index is 0.447. The predicted octanol–water partition coefficient (Wildman–Crippen LogP) is 4.29. The topological polar surface area (TPSA) is 12.0 Å². The lowest BCUT2D eigenvalue weighted by Crippen LogP contribution is -2.32. The average molecular weight is 282 g/mol. The number of hydrogen-bond donors (Lipinski definition) is 1. The third-order valence-corrected chi connectivity index (χ3v) is 3.94. The number of nitrogens with one attached hydrogen (secondary N) is 1. The molecule has 1 aromatic rings. The summed E-state index contributed by atoms with van der Waals surface area (Å²) in [6, 6.07) is 9.74. The Kier molecular flexibility index (Phi) is 4.04. The maximum absolute atomic E-state index is 3.75. The van der Waals surface area contributed by atoms with Crippen LogP contribution in [0.25, 0.3) is 0 Å². The summed E-state index contributed by atoms with van der Waals surface area (Å²) in [4.78, 5) is 0. The number of benzene rings is 1. The van der Waals surface area contributed by atoms with Gasteiger partial charge in [-0.3, -0.25) is 0 Å². The third-order valence-electron chi connectivity index (χ3n) is 3.44. The van der Waals surface area contributed by atoms with Crippen LogP contribution in [0.1, 0.15) is 44.7 Å². The lowest BCUT2D eigenvalue weighted by Gasteiger charge is -2.22. The summed E-state index contributed by atoms with van der Waals surface area (Å²) in [5, 5.41) is 3.75. The van der Waals surface area contributed by atoms with E-state index in [0.717, 1.165) is 10.4 Å². The van der Waals surface area contributed by atoms with Gasteiger partial charge in [-0.15, -0.1) is 0 Å². The van der Waals surface area contributed by atoms with E-state index >= 15 is 0 Å². The van der Waals surface area contributed by atoms with Crippen LogP contribution >= 0.6 is 15.9 Å². The maximum Gasteiger partial charge on any atom is 0.0294 e. The molecule has 1 saturated carbocycles. The first-order valence-electron chi connectivity index (χ1n) is 6.22. The van der Waals surface area contributed by atoms with E-state index in [9.17, 15) is 0 Å². The molecule has 0 aromatic heterocycles. The highest BCUT2D eigenvalue weighted by Crippen LogP contribution is 2.35. The quantitative estimate of drug-likeness (QED) is 0.849. The molecule has 16 heavy (non-hydrogen) atoms. The summed E-state index contributed by atoms with van der Waals surface area (Å²) in [6.07, 6.45) is 4.07. The van der Waals surface area contributed by atoms with E-state index in [-0.39, 0.29) is 0 Å². The first kappa shape index (κ1) is 12.1. The molecule has 0 bridgehead atoms. The maximum atomic E-state index is 3.75. The summed E-state index contributed by atoms with van der Waals surface area (Å²) in [5.41, 5.74) is 1.37. The van der Waals surface area contributed by atoms with Gasteiger partial charge < -0.3 is 5.32 Å². The zero-order valence-corrected chi connectivity index (χ0v) is 11.6. The second-order valence-corrected chi connectivity index (χ2v) is 5.71. The van der Waals surface area contributed by atoms with E-state index in [2.05, 4.69) is 59.4 Å². The van der Waals surface area contributed by atoms with Crippen molar-refractivity contribution in [2.75, 3.05) is 0 Å². The van der Waals surface area contributed by atoms with Crippen LogP contribution in [0.15, 0.2) is 28.7 Å². The van der Waals surface area contributed by atoms with Gasteiger partial charge in [0.05, 0.1) is 0 Å². The van der Waals surface area contributed by atoms with Crippen molar-refractivity contribution < 1.29 is 0 Å². The van der Waals surface area contributed by atoms with E-state index in [4.69, 9.17) is 0 Å². The van der Waals surface area contributed by atoms with Gasteiger partial charge in [-0.05, 0) is 49.8 Å². The van der Waals surface area contributed by atoms with Gasteiger partial charge in [-0.25, -0.2) is 0 Å². The molecule has 0 aliphatic heterocycles. The third kappa shape index (κ3) is 3.08. The lowest BCUT2D eigenvalue weighted by atomic mass is 10.0. The first-order valence-corrected chi connectivity index (χ1v) is 7.01. The van der Waals surface area contributed by atoms with Gasteiger partial charge in [0.15, 0.2) is 0 Å². The molecule has 2 rings (SSSR count). The number of hydrogen-bond acceptors (Lipinski definition) is 1. The molecule has 0 radical (unpaired) electrons.